The van der Waals surface area contributed by atoms with Gasteiger partial charge < -0.3 is 14.6 Å². The van der Waals surface area contributed by atoms with Gasteiger partial charge in [-0.25, -0.2) is 4.98 Å². The van der Waals surface area contributed by atoms with Crippen LogP contribution in [0.3, 0.4) is 0 Å². The van der Waals surface area contributed by atoms with Crippen LogP contribution in [-0.4, -0.2) is 34.8 Å². The summed E-state index contributed by atoms with van der Waals surface area (Å²) in [5.74, 6) is -0.0466. The average Bonchev–Trinajstić information content (AvgIpc) is 3.14. The maximum Gasteiger partial charge on any atom is 0.273 e. The van der Waals surface area contributed by atoms with Crippen molar-refractivity contribution in [3.63, 3.8) is 0 Å². The molecule has 2 aromatic carbocycles. The van der Waals surface area contributed by atoms with Crippen LogP contribution < -0.4 is 5.32 Å². The molecule has 6 heteroatoms. The molecule has 0 aliphatic rings. The molecule has 2 amide bonds. The molecule has 0 atom stereocenters. The van der Waals surface area contributed by atoms with Gasteiger partial charge >= 0.3 is 0 Å². The number of rotatable bonds is 6. The van der Waals surface area contributed by atoms with Gasteiger partial charge in [-0.15, -0.1) is 0 Å². The van der Waals surface area contributed by atoms with Gasteiger partial charge in [0.05, 0.1) is 6.54 Å². The minimum Gasteiger partial charge on any atom is -0.446 e. The molecule has 0 spiro atoms. The molecular weight excluding hydrogens is 330 g/mol. The van der Waals surface area contributed by atoms with Gasteiger partial charge in [-0.3, -0.25) is 9.59 Å². The second kappa shape index (κ2) is 7.82. The van der Waals surface area contributed by atoms with Crippen molar-refractivity contribution < 1.29 is 14.0 Å². The van der Waals surface area contributed by atoms with Crippen molar-refractivity contribution in [1.29, 1.82) is 0 Å². The summed E-state index contributed by atoms with van der Waals surface area (Å²) in [5, 5.41) is 4.60. The lowest BCUT2D eigenvalue weighted by Gasteiger charge is -2.20. The third kappa shape index (κ3) is 3.59. The van der Waals surface area contributed by atoms with E-state index in [2.05, 4.69) is 10.3 Å². The normalized spacial score (nSPS) is 10.7. The molecule has 0 aliphatic heterocycles. The summed E-state index contributed by atoms with van der Waals surface area (Å²) in [5.41, 5.74) is 0.857. The third-order valence-electron chi connectivity index (χ3n) is 4.14. The molecule has 0 radical (unpaired) electrons. The SMILES string of the molecule is CCNC(=O)c1coc(CN(CC)C(=O)c2cccc3ccccc23)n1. The number of nitrogens with zero attached hydrogens (tertiary/aromatic N) is 2. The van der Waals surface area contributed by atoms with Crippen LogP contribution in [0.1, 0.15) is 40.6 Å². The van der Waals surface area contributed by atoms with E-state index >= 15 is 0 Å². The van der Waals surface area contributed by atoms with Gasteiger partial charge in [-0.2, -0.15) is 0 Å². The van der Waals surface area contributed by atoms with E-state index in [1.165, 1.54) is 6.26 Å². The highest BCUT2D eigenvalue weighted by molar-refractivity contribution is 6.07. The number of nitrogens with one attached hydrogen (secondary N) is 1. The Balaban J connectivity index is 1.82. The van der Waals surface area contributed by atoms with Gasteiger partial charge in [0.2, 0.25) is 5.89 Å². The highest BCUT2D eigenvalue weighted by atomic mass is 16.3. The first-order chi connectivity index (χ1) is 12.6. The number of aromatic nitrogens is 1. The number of oxazole rings is 1. The molecule has 0 saturated carbocycles. The maximum absolute atomic E-state index is 13.0. The fourth-order valence-electron chi connectivity index (χ4n) is 2.81. The molecule has 134 valence electrons. The van der Waals surface area contributed by atoms with Gasteiger partial charge in [0.1, 0.15) is 6.26 Å². The summed E-state index contributed by atoms with van der Waals surface area (Å²) in [6.45, 7) is 4.96. The first kappa shape index (κ1) is 17.7. The molecule has 0 bridgehead atoms. The fraction of sp³-hybridized carbons (Fsp3) is 0.250. The molecule has 1 heterocycles. The predicted molar refractivity (Wildman–Crippen MR) is 98.9 cm³/mol. The molecule has 1 N–H and O–H groups in total. The van der Waals surface area contributed by atoms with Crippen LogP contribution in [0, 0.1) is 0 Å². The van der Waals surface area contributed by atoms with Crippen LogP contribution in [0.4, 0.5) is 0 Å². The summed E-state index contributed by atoms with van der Waals surface area (Å²) in [6, 6.07) is 13.5. The number of carbonyl (C=O) groups excluding carboxylic acids is 2. The first-order valence-electron chi connectivity index (χ1n) is 8.63. The number of fused-ring (bicyclic) bond motifs is 1. The number of benzene rings is 2. The third-order valence-corrected chi connectivity index (χ3v) is 4.14. The Bertz CT molecular complexity index is 927. The standard InChI is InChI=1S/C20H21N3O3/c1-3-21-19(24)17-13-26-18(22-17)12-23(4-2)20(25)16-11-7-9-14-8-5-6-10-15(14)16/h5-11,13H,3-4,12H2,1-2H3,(H,21,24). The Morgan fingerprint density at radius 2 is 1.88 bits per heavy atom. The van der Waals surface area contributed by atoms with Crippen molar-refractivity contribution in [3.05, 3.63) is 65.9 Å². The highest BCUT2D eigenvalue weighted by Gasteiger charge is 2.20. The lowest BCUT2D eigenvalue weighted by Crippen LogP contribution is -2.30. The Hall–Kier alpha value is -3.15. The van der Waals surface area contributed by atoms with E-state index in [0.29, 0.717) is 24.5 Å². The number of amides is 2. The van der Waals surface area contributed by atoms with E-state index < -0.39 is 0 Å². The Morgan fingerprint density at radius 3 is 2.65 bits per heavy atom. The molecule has 3 rings (SSSR count). The largest absolute Gasteiger partial charge is 0.446 e. The summed E-state index contributed by atoms with van der Waals surface area (Å²) < 4.78 is 5.37. The van der Waals surface area contributed by atoms with E-state index in [-0.39, 0.29) is 24.1 Å². The maximum atomic E-state index is 13.0. The number of carbonyl (C=O) groups is 2. The van der Waals surface area contributed by atoms with Crippen molar-refractivity contribution in [2.24, 2.45) is 0 Å². The Morgan fingerprint density at radius 1 is 1.12 bits per heavy atom. The molecule has 3 aromatic rings. The van der Waals surface area contributed by atoms with Crippen LogP contribution in [-0.2, 0) is 6.54 Å². The molecule has 0 saturated heterocycles. The van der Waals surface area contributed by atoms with Crippen molar-refractivity contribution in [2.45, 2.75) is 20.4 Å². The quantitative estimate of drug-likeness (QED) is 0.740. The van der Waals surface area contributed by atoms with Crippen LogP contribution in [0.15, 0.2) is 53.1 Å². The second-order valence-corrected chi connectivity index (χ2v) is 5.83. The zero-order valence-corrected chi connectivity index (χ0v) is 14.9. The van der Waals surface area contributed by atoms with Gasteiger partial charge in [-0.05, 0) is 30.7 Å². The van der Waals surface area contributed by atoms with E-state index in [1.54, 1.807) is 4.90 Å². The topological polar surface area (TPSA) is 75.4 Å². The summed E-state index contributed by atoms with van der Waals surface area (Å²) in [4.78, 5) is 30.6. The van der Waals surface area contributed by atoms with Gasteiger partial charge in [0.15, 0.2) is 5.69 Å². The molecule has 0 fully saturated rings. The zero-order valence-electron chi connectivity index (χ0n) is 14.9. The molecule has 26 heavy (non-hydrogen) atoms. The summed E-state index contributed by atoms with van der Waals surface area (Å²) in [7, 11) is 0. The molecular formula is C20H21N3O3. The predicted octanol–water partition coefficient (Wildman–Crippen LogP) is 3.24. The van der Waals surface area contributed by atoms with E-state index in [0.717, 1.165) is 10.8 Å². The lowest BCUT2D eigenvalue weighted by molar-refractivity contribution is 0.0740. The first-order valence-corrected chi connectivity index (χ1v) is 8.63. The lowest BCUT2D eigenvalue weighted by atomic mass is 10.0. The van der Waals surface area contributed by atoms with Crippen molar-refractivity contribution >= 4 is 22.6 Å². The average molecular weight is 351 g/mol. The van der Waals surface area contributed by atoms with E-state index in [9.17, 15) is 9.59 Å². The monoisotopic (exact) mass is 351 g/mol. The second-order valence-electron chi connectivity index (χ2n) is 5.83. The zero-order chi connectivity index (χ0) is 18.5. The van der Waals surface area contributed by atoms with Crippen LogP contribution >= 0.6 is 0 Å². The molecule has 1 aromatic heterocycles. The van der Waals surface area contributed by atoms with Crippen molar-refractivity contribution in [2.75, 3.05) is 13.1 Å². The summed E-state index contributed by atoms with van der Waals surface area (Å²) in [6.07, 6.45) is 1.32. The van der Waals surface area contributed by atoms with Gasteiger partial charge in [0.25, 0.3) is 11.8 Å². The van der Waals surface area contributed by atoms with Crippen LogP contribution in [0.2, 0.25) is 0 Å². The fourth-order valence-corrected chi connectivity index (χ4v) is 2.81. The van der Waals surface area contributed by atoms with Gasteiger partial charge in [0, 0.05) is 18.7 Å². The number of hydrogen-bond acceptors (Lipinski definition) is 4. The molecule has 0 unspecified atom stereocenters. The minimum atomic E-state index is -0.286. The summed E-state index contributed by atoms with van der Waals surface area (Å²) >= 11 is 0. The molecule has 6 nitrogen and oxygen atoms in total. The van der Waals surface area contributed by atoms with E-state index in [1.807, 2.05) is 56.3 Å². The van der Waals surface area contributed by atoms with Gasteiger partial charge in [-0.1, -0.05) is 36.4 Å². The number of hydrogen-bond donors (Lipinski definition) is 1. The highest BCUT2D eigenvalue weighted by Crippen LogP contribution is 2.21. The Labute approximate surface area is 151 Å². The Kier molecular flexibility index (Phi) is 5.31. The van der Waals surface area contributed by atoms with Crippen molar-refractivity contribution in [1.82, 2.24) is 15.2 Å². The minimum absolute atomic E-state index is 0.0953. The smallest absolute Gasteiger partial charge is 0.273 e. The van der Waals surface area contributed by atoms with Crippen molar-refractivity contribution in [3.8, 4) is 0 Å². The van der Waals surface area contributed by atoms with Crippen LogP contribution in [0.5, 0.6) is 0 Å². The molecule has 0 aliphatic carbocycles. The van der Waals surface area contributed by atoms with E-state index in [4.69, 9.17) is 4.42 Å². The van der Waals surface area contributed by atoms with Crippen LogP contribution in [0.25, 0.3) is 10.8 Å².